The molecule has 0 bridgehead atoms. The quantitative estimate of drug-likeness (QED) is 0.247. The van der Waals surface area contributed by atoms with E-state index in [-0.39, 0.29) is 43.2 Å². The summed E-state index contributed by atoms with van der Waals surface area (Å²) in [6.45, 7) is -0.331. The number of rotatable bonds is 9. The summed E-state index contributed by atoms with van der Waals surface area (Å²) in [4.78, 5) is 27.1. The number of carbonyl (C=O) groups excluding carboxylic acids is 2. The van der Waals surface area contributed by atoms with Gasteiger partial charge in [-0.25, -0.2) is 9.52 Å². The summed E-state index contributed by atoms with van der Waals surface area (Å²) in [5, 5.41) is 0. The highest BCUT2D eigenvalue weighted by atomic mass is 32.2. The lowest BCUT2D eigenvalue weighted by Gasteiger charge is -2.37. The summed E-state index contributed by atoms with van der Waals surface area (Å²) in [7, 11) is -3.50. The molecule has 15 heteroatoms. The number of nitrogens with one attached hydrogen (secondary N) is 1. The van der Waals surface area contributed by atoms with Crippen LogP contribution in [-0.2, 0) is 33.8 Å². The molecule has 0 aliphatic heterocycles. The number of carbonyl (C=O) groups is 2. The van der Waals surface area contributed by atoms with Crippen LogP contribution in [0.5, 0.6) is 0 Å². The summed E-state index contributed by atoms with van der Waals surface area (Å²) in [6, 6.07) is 17.1. The van der Waals surface area contributed by atoms with Gasteiger partial charge in [-0.15, -0.1) is 0 Å². The molecule has 0 radical (unpaired) electrons. The number of amides is 2. The van der Waals surface area contributed by atoms with Crippen molar-refractivity contribution in [3.05, 3.63) is 101 Å². The Morgan fingerprint density at radius 2 is 1.35 bits per heavy atom. The van der Waals surface area contributed by atoms with Crippen molar-refractivity contribution in [1.82, 2.24) is 9.03 Å². The number of alkyl halides is 6. The van der Waals surface area contributed by atoms with Gasteiger partial charge in [0.1, 0.15) is 0 Å². The minimum Gasteiger partial charge on any atom is -0.452 e. The smallest absolute Gasteiger partial charge is 0.416 e. The normalized spacial score (nSPS) is 17.4. The molecular formula is C31H31F6N3O5S. The van der Waals surface area contributed by atoms with Crippen molar-refractivity contribution in [2.24, 2.45) is 5.92 Å². The highest BCUT2D eigenvalue weighted by Gasteiger charge is 2.39. The third kappa shape index (κ3) is 8.78. The molecule has 1 saturated carbocycles. The molecule has 46 heavy (non-hydrogen) atoms. The van der Waals surface area contributed by atoms with Crippen LogP contribution in [0.4, 0.5) is 36.8 Å². The molecule has 8 nitrogen and oxygen atoms in total. The van der Waals surface area contributed by atoms with E-state index in [2.05, 4.69) is 0 Å². The summed E-state index contributed by atoms with van der Waals surface area (Å²) >= 11 is 0. The minimum atomic E-state index is -5.22. The van der Waals surface area contributed by atoms with Gasteiger partial charge in [0, 0.05) is 30.4 Å². The van der Waals surface area contributed by atoms with Crippen molar-refractivity contribution in [3.63, 3.8) is 0 Å². The molecule has 0 saturated heterocycles. The highest BCUT2D eigenvalue weighted by Crippen LogP contribution is 2.37. The number of para-hydroxylation sites is 1. The Morgan fingerprint density at radius 3 is 1.85 bits per heavy atom. The third-order valence-corrected chi connectivity index (χ3v) is 9.06. The van der Waals surface area contributed by atoms with Gasteiger partial charge in [-0.05, 0) is 67.5 Å². The topological polar surface area (TPSA) is 96.0 Å². The van der Waals surface area contributed by atoms with Crippen LogP contribution in [-0.4, -0.2) is 44.4 Å². The second kappa shape index (κ2) is 14.1. The SMILES string of the molecule is COC(=O)N(c1ccccc1)C1CCC(CN(Cc2ccccc2)S(=O)(=O)NC(=O)c2cc(C(F)(F)F)cc(C(F)(F)F)c2)CC1. The zero-order valence-corrected chi connectivity index (χ0v) is 25.3. The van der Waals surface area contributed by atoms with Crippen LogP contribution in [0, 0.1) is 5.92 Å². The second-order valence-electron chi connectivity index (χ2n) is 10.9. The van der Waals surface area contributed by atoms with E-state index < -0.39 is 51.3 Å². The average molecular weight is 672 g/mol. The zero-order chi connectivity index (χ0) is 33.7. The molecule has 3 aromatic rings. The van der Waals surface area contributed by atoms with Crippen LogP contribution in [0.1, 0.15) is 52.7 Å². The first-order chi connectivity index (χ1) is 21.6. The van der Waals surface area contributed by atoms with Gasteiger partial charge < -0.3 is 4.74 Å². The van der Waals surface area contributed by atoms with Gasteiger partial charge in [-0.3, -0.25) is 9.69 Å². The summed E-state index contributed by atoms with van der Waals surface area (Å²) in [5.74, 6) is -1.89. The molecule has 4 rings (SSSR count). The Morgan fingerprint density at radius 1 is 0.826 bits per heavy atom. The lowest BCUT2D eigenvalue weighted by molar-refractivity contribution is -0.143. The van der Waals surface area contributed by atoms with Crippen molar-refractivity contribution in [3.8, 4) is 0 Å². The average Bonchev–Trinajstić information content (AvgIpc) is 3.01. The first kappa shape index (κ1) is 34.8. The van der Waals surface area contributed by atoms with E-state index in [1.54, 1.807) is 70.3 Å². The zero-order valence-electron chi connectivity index (χ0n) is 24.5. The first-order valence-electron chi connectivity index (χ1n) is 14.2. The largest absolute Gasteiger partial charge is 0.452 e. The van der Waals surface area contributed by atoms with Crippen LogP contribution in [0.2, 0.25) is 0 Å². The predicted molar refractivity (Wildman–Crippen MR) is 157 cm³/mol. The fraction of sp³-hybridized carbons (Fsp3) is 0.355. The molecule has 1 N–H and O–H groups in total. The fourth-order valence-corrected chi connectivity index (χ4v) is 6.59. The van der Waals surface area contributed by atoms with Gasteiger partial charge in [0.05, 0.1) is 18.2 Å². The molecule has 0 spiro atoms. The van der Waals surface area contributed by atoms with Crippen molar-refractivity contribution < 1.29 is 49.1 Å². The molecule has 0 heterocycles. The van der Waals surface area contributed by atoms with Crippen molar-refractivity contribution in [2.45, 2.75) is 50.6 Å². The first-order valence-corrected chi connectivity index (χ1v) is 15.6. The molecule has 2 amide bonds. The van der Waals surface area contributed by atoms with Gasteiger partial charge in [0.15, 0.2) is 0 Å². The molecule has 248 valence electrons. The van der Waals surface area contributed by atoms with E-state index in [1.165, 1.54) is 7.11 Å². The van der Waals surface area contributed by atoms with Gasteiger partial charge >= 0.3 is 28.7 Å². The van der Waals surface area contributed by atoms with Crippen molar-refractivity contribution >= 4 is 27.9 Å². The van der Waals surface area contributed by atoms with E-state index in [4.69, 9.17) is 4.74 Å². The second-order valence-corrected chi connectivity index (χ2v) is 12.5. The molecular weight excluding hydrogens is 640 g/mol. The van der Waals surface area contributed by atoms with E-state index >= 15 is 0 Å². The Balaban J connectivity index is 1.55. The number of ether oxygens (including phenoxy) is 1. The van der Waals surface area contributed by atoms with E-state index in [1.807, 2.05) is 0 Å². The third-order valence-electron chi connectivity index (χ3n) is 7.66. The maximum Gasteiger partial charge on any atom is 0.416 e. The van der Waals surface area contributed by atoms with Crippen molar-refractivity contribution in [2.75, 3.05) is 18.6 Å². The monoisotopic (exact) mass is 671 g/mol. The van der Waals surface area contributed by atoms with Crippen LogP contribution < -0.4 is 9.62 Å². The van der Waals surface area contributed by atoms with Crippen LogP contribution in [0.15, 0.2) is 78.9 Å². The van der Waals surface area contributed by atoms with Gasteiger partial charge in [-0.2, -0.15) is 39.1 Å². The van der Waals surface area contributed by atoms with Crippen LogP contribution >= 0.6 is 0 Å². The summed E-state index contributed by atoms with van der Waals surface area (Å²) in [6.07, 6.45) is -9.07. The molecule has 1 fully saturated rings. The number of benzene rings is 3. The molecule has 1 aliphatic carbocycles. The predicted octanol–water partition coefficient (Wildman–Crippen LogP) is 7.03. The number of nitrogens with zero attached hydrogens (tertiary/aromatic N) is 2. The van der Waals surface area contributed by atoms with Crippen LogP contribution in [0.3, 0.4) is 0 Å². The number of anilines is 1. The summed E-state index contributed by atoms with van der Waals surface area (Å²) < 4.78 is 115. The molecule has 0 unspecified atom stereocenters. The van der Waals surface area contributed by atoms with E-state index in [0.717, 1.165) is 4.31 Å². The Labute approximate surface area is 262 Å². The molecule has 3 aromatic carbocycles. The van der Waals surface area contributed by atoms with Crippen molar-refractivity contribution in [1.29, 1.82) is 0 Å². The molecule has 0 atom stereocenters. The lowest BCUT2D eigenvalue weighted by atomic mass is 9.85. The van der Waals surface area contributed by atoms with Crippen LogP contribution in [0.25, 0.3) is 0 Å². The number of hydrogen-bond acceptors (Lipinski definition) is 5. The van der Waals surface area contributed by atoms with E-state index in [0.29, 0.717) is 36.9 Å². The van der Waals surface area contributed by atoms with Gasteiger partial charge in [0.2, 0.25) is 0 Å². The summed E-state index contributed by atoms with van der Waals surface area (Å²) in [5.41, 5.74) is -3.45. The number of hydrogen-bond donors (Lipinski definition) is 1. The number of methoxy groups -OCH3 is 1. The molecule has 1 aliphatic rings. The highest BCUT2D eigenvalue weighted by molar-refractivity contribution is 7.87. The standard InChI is InChI=1S/C31H31F6N3O5S/c1-45-29(42)40(26-10-6-3-7-11-26)27-14-12-22(13-15-27)20-39(19-21-8-4-2-5-9-21)46(43,44)38-28(41)23-16-24(30(32,33)34)18-25(17-23)31(35,36)37/h2-11,16-18,22,27H,12-15,19-20H2,1H3,(H,38,41). The van der Waals surface area contributed by atoms with E-state index in [9.17, 15) is 44.3 Å². The molecule has 0 aromatic heterocycles. The Bertz CT molecular complexity index is 1580. The Kier molecular flexibility index (Phi) is 10.7. The lowest BCUT2D eigenvalue weighted by Crippen LogP contribution is -2.47. The number of halogens is 6. The Hall–Kier alpha value is -4.11. The fourth-order valence-electron chi connectivity index (χ4n) is 5.39. The van der Waals surface area contributed by atoms with Gasteiger partial charge in [0.25, 0.3) is 5.91 Å². The van der Waals surface area contributed by atoms with Gasteiger partial charge in [-0.1, -0.05) is 48.5 Å². The maximum absolute atomic E-state index is 13.5. The maximum atomic E-state index is 13.5. The minimum absolute atomic E-state index is 0.107.